The Labute approximate surface area is 153 Å². The van der Waals surface area contributed by atoms with Gasteiger partial charge in [0, 0.05) is 24.7 Å². The van der Waals surface area contributed by atoms with Crippen molar-refractivity contribution in [2.75, 3.05) is 19.7 Å². The van der Waals surface area contributed by atoms with Crippen LogP contribution in [-0.4, -0.2) is 40.1 Å². The highest BCUT2D eigenvalue weighted by molar-refractivity contribution is 5.94. The van der Waals surface area contributed by atoms with Crippen molar-refractivity contribution in [1.82, 2.24) is 14.5 Å². The quantitative estimate of drug-likeness (QED) is 0.717. The molecule has 0 radical (unpaired) electrons. The number of aromatic nitrogens is 2. The second kappa shape index (κ2) is 7.20. The lowest BCUT2D eigenvalue weighted by atomic mass is 10.0. The van der Waals surface area contributed by atoms with Crippen LogP contribution in [0.4, 0.5) is 0 Å². The van der Waals surface area contributed by atoms with Crippen molar-refractivity contribution < 1.29 is 9.53 Å². The van der Waals surface area contributed by atoms with Gasteiger partial charge < -0.3 is 14.2 Å². The first kappa shape index (κ1) is 16.6. The topological polar surface area (TPSA) is 47.4 Å². The molecule has 5 nitrogen and oxygen atoms in total. The number of para-hydroxylation sites is 2. The molecule has 2 aromatic carbocycles. The van der Waals surface area contributed by atoms with Gasteiger partial charge in [-0.2, -0.15) is 0 Å². The highest BCUT2D eigenvalue weighted by Crippen LogP contribution is 2.27. The molecule has 2 heterocycles. The maximum absolute atomic E-state index is 12.7. The highest BCUT2D eigenvalue weighted by atomic mass is 16.5. The highest BCUT2D eigenvalue weighted by Gasteiger charge is 2.25. The average molecular weight is 349 g/mol. The van der Waals surface area contributed by atoms with Gasteiger partial charge >= 0.3 is 0 Å². The first-order valence-electron chi connectivity index (χ1n) is 9.20. The van der Waals surface area contributed by atoms with Gasteiger partial charge in [0.15, 0.2) is 0 Å². The fourth-order valence-corrected chi connectivity index (χ4v) is 3.66. The number of hydrogen-bond acceptors (Lipinski definition) is 3. The number of fused-ring (bicyclic) bond motifs is 1. The zero-order valence-electron chi connectivity index (χ0n) is 15.0. The standard InChI is InChI=1S/C21H23N3O2/c1-2-26-18-9-7-16(8-10-18)21(25)23-13-11-17(12-14-23)24-15-22-19-5-3-4-6-20(19)24/h3-10,15,17H,2,11-14H2,1H3. The van der Waals surface area contributed by atoms with E-state index in [1.165, 1.54) is 5.52 Å². The van der Waals surface area contributed by atoms with Gasteiger partial charge in [-0.1, -0.05) is 12.1 Å². The van der Waals surface area contributed by atoms with Gasteiger partial charge in [0.05, 0.1) is 24.0 Å². The summed E-state index contributed by atoms with van der Waals surface area (Å²) >= 11 is 0. The molecule has 1 aromatic heterocycles. The summed E-state index contributed by atoms with van der Waals surface area (Å²) in [7, 11) is 0. The lowest BCUT2D eigenvalue weighted by Crippen LogP contribution is -2.39. The van der Waals surface area contributed by atoms with Gasteiger partial charge in [0.25, 0.3) is 5.91 Å². The minimum Gasteiger partial charge on any atom is -0.494 e. The number of rotatable bonds is 4. The number of amides is 1. The van der Waals surface area contributed by atoms with E-state index in [0.717, 1.165) is 42.8 Å². The third-order valence-electron chi connectivity index (χ3n) is 5.04. The summed E-state index contributed by atoms with van der Waals surface area (Å²) in [6.07, 6.45) is 3.82. The van der Waals surface area contributed by atoms with Gasteiger partial charge in [0.1, 0.15) is 5.75 Å². The SMILES string of the molecule is CCOc1ccc(C(=O)N2CCC(n3cnc4ccccc43)CC2)cc1. The second-order valence-corrected chi connectivity index (χ2v) is 6.62. The van der Waals surface area contributed by atoms with Gasteiger partial charge in [-0.15, -0.1) is 0 Å². The van der Waals surface area contributed by atoms with Crippen molar-refractivity contribution >= 4 is 16.9 Å². The molecule has 0 saturated carbocycles. The van der Waals surface area contributed by atoms with Gasteiger partial charge in [-0.25, -0.2) is 4.98 Å². The average Bonchev–Trinajstić information content (AvgIpc) is 3.13. The van der Waals surface area contributed by atoms with Crippen LogP contribution in [0.1, 0.15) is 36.2 Å². The van der Waals surface area contributed by atoms with E-state index in [9.17, 15) is 4.79 Å². The number of imidazole rings is 1. The van der Waals surface area contributed by atoms with E-state index in [-0.39, 0.29) is 5.91 Å². The molecule has 0 N–H and O–H groups in total. The van der Waals surface area contributed by atoms with Crippen LogP contribution in [-0.2, 0) is 0 Å². The Hall–Kier alpha value is -2.82. The monoisotopic (exact) mass is 349 g/mol. The summed E-state index contributed by atoms with van der Waals surface area (Å²) in [5.41, 5.74) is 2.92. The molecule has 1 amide bonds. The maximum Gasteiger partial charge on any atom is 0.253 e. The van der Waals surface area contributed by atoms with Crippen molar-refractivity contribution in [3.8, 4) is 5.75 Å². The predicted molar refractivity (Wildman–Crippen MR) is 102 cm³/mol. The van der Waals surface area contributed by atoms with Crippen LogP contribution < -0.4 is 4.74 Å². The molecule has 26 heavy (non-hydrogen) atoms. The van der Waals surface area contributed by atoms with Gasteiger partial charge in [-0.3, -0.25) is 4.79 Å². The Balaban J connectivity index is 1.42. The summed E-state index contributed by atoms with van der Waals surface area (Å²) < 4.78 is 7.70. The molecule has 1 aliphatic rings. The van der Waals surface area contributed by atoms with Gasteiger partial charge in [0.2, 0.25) is 0 Å². The third-order valence-corrected chi connectivity index (χ3v) is 5.04. The molecular formula is C21H23N3O2. The van der Waals surface area contributed by atoms with Crippen LogP contribution >= 0.6 is 0 Å². The fraction of sp³-hybridized carbons (Fsp3) is 0.333. The molecule has 0 atom stereocenters. The van der Waals surface area contributed by atoms with E-state index in [1.54, 1.807) is 0 Å². The first-order chi connectivity index (χ1) is 12.8. The van der Waals surface area contributed by atoms with Gasteiger partial charge in [-0.05, 0) is 56.2 Å². The van der Waals surface area contributed by atoms with Crippen LogP contribution in [0.3, 0.4) is 0 Å². The molecular weight excluding hydrogens is 326 g/mol. The van der Waals surface area contributed by atoms with E-state index in [1.807, 2.05) is 60.6 Å². The van der Waals surface area contributed by atoms with Crippen molar-refractivity contribution in [2.24, 2.45) is 0 Å². The molecule has 3 aromatic rings. The molecule has 1 aliphatic heterocycles. The number of carbonyl (C=O) groups is 1. The van der Waals surface area contributed by atoms with Crippen molar-refractivity contribution in [3.63, 3.8) is 0 Å². The molecule has 5 heteroatoms. The second-order valence-electron chi connectivity index (χ2n) is 6.62. The van der Waals surface area contributed by atoms with Crippen LogP contribution in [0, 0.1) is 0 Å². The van der Waals surface area contributed by atoms with Crippen LogP contribution in [0.25, 0.3) is 11.0 Å². The Morgan fingerprint density at radius 2 is 1.85 bits per heavy atom. The number of carbonyl (C=O) groups excluding carboxylic acids is 1. The van der Waals surface area contributed by atoms with Crippen LogP contribution in [0.5, 0.6) is 5.75 Å². The zero-order chi connectivity index (χ0) is 17.9. The summed E-state index contributed by atoms with van der Waals surface area (Å²) in [6.45, 7) is 4.11. The molecule has 1 fully saturated rings. The van der Waals surface area contributed by atoms with Crippen molar-refractivity contribution in [2.45, 2.75) is 25.8 Å². The molecule has 1 saturated heterocycles. The Morgan fingerprint density at radius 3 is 2.58 bits per heavy atom. The summed E-state index contributed by atoms with van der Waals surface area (Å²) in [4.78, 5) is 19.2. The summed E-state index contributed by atoms with van der Waals surface area (Å²) in [6, 6.07) is 16.0. The Kier molecular flexibility index (Phi) is 4.61. The molecule has 0 spiro atoms. The molecule has 0 aliphatic carbocycles. The van der Waals surface area contributed by atoms with E-state index < -0.39 is 0 Å². The maximum atomic E-state index is 12.7. The molecule has 0 unspecified atom stereocenters. The van der Waals surface area contributed by atoms with Crippen LogP contribution in [0.2, 0.25) is 0 Å². The molecule has 134 valence electrons. The number of benzene rings is 2. The number of nitrogens with zero attached hydrogens (tertiary/aromatic N) is 3. The lowest BCUT2D eigenvalue weighted by molar-refractivity contribution is 0.0696. The zero-order valence-corrected chi connectivity index (χ0v) is 15.0. The smallest absolute Gasteiger partial charge is 0.253 e. The van der Waals surface area contributed by atoms with E-state index in [4.69, 9.17) is 4.74 Å². The molecule has 0 bridgehead atoms. The first-order valence-corrected chi connectivity index (χ1v) is 9.20. The number of likely N-dealkylation sites (tertiary alicyclic amines) is 1. The molecule has 4 rings (SSSR count). The number of piperidine rings is 1. The minimum atomic E-state index is 0.0991. The minimum absolute atomic E-state index is 0.0991. The largest absolute Gasteiger partial charge is 0.494 e. The summed E-state index contributed by atoms with van der Waals surface area (Å²) in [5, 5.41) is 0. The Morgan fingerprint density at radius 1 is 1.12 bits per heavy atom. The van der Waals surface area contributed by atoms with Crippen molar-refractivity contribution in [1.29, 1.82) is 0 Å². The van der Waals surface area contributed by atoms with Crippen LogP contribution in [0.15, 0.2) is 54.9 Å². The lowest BCUT2D eigenvalue weighted by Gasteiger charge is -2.33. The van der Waals surface area contributed by atoms with E-state index in [0.29, 0.717) is 12.6 Å². The van der Waals surface area contributed by atoms with Crippen molar-refractivity contribution in [3.05, 3.63) is 60.4 Å². The predicted octanol–water partition coefficient (Wildman–Crippen LogP) is 3.91. The summed E-state index contributed by atoms with van der Waals surface area (Å²) in [5.74, 6) is 0.900. The third kappa shape index (κ3) is 3.17. The number of hydrogen-bond donors (Lipinski definition) is 0. The van der Waals surface area contributed by atoms with E-state index >= 15 is 0 Å². The fourth-order valence-electron chi connectivity index (χ4n) is 3.66. The Bertz CT molecular complexity index is 893. The van der Waals surface area contributed by atoms with E-state index in [2.05, 4.69) is 15.6 Å². The normalized spacial score (nSPS) is 15.3. The number of ether oxygens (including phenoxy) is 1.